The second-order valence-corrected chi connectivity index (χ2v) is 15.5. The summed E-state index contributed by atoms with van der Waals surface area (Å²) < 4.78 is 62.6. The molecule has 1 aliphatic carbocycles. The molecule has 2 saturated heterocycles. The number of amides is 2. The first-order chi connectivity index (χ1) is 31.7. The van der Waals surface area contributed by atoms with Gasteiger partial charge in [-0.1, -0.05) is 48.5 Å². The number of alkyl carbamates (subject to hydrolysis) is 1. The Morgan fingerprint density at radius 3 is 1.51 bits per heavy atom. The number of carboxylic acids is 1. The first-order valence-electron chi connectivity index (χ1n) is 20.9. The van der Waals surface area contributed by atoms with Crippen molar-refractivity contribution in [2.75, 3.05) is 26.4 Å². The third-order valence-electron chi connectivity index (χ3n) is 10.4. The number of nitrogens with one attached hydrogen (secondary N) is 2. The number of carbonyl (C=O) groups excluding carboxylic acids is 8. The number of fused-ring (bicyclic) bond motifs is 3. The molecule has 2 amide bonds. The van der Waals surface area contributed by atoms with Gasteiger partial charge in [0.05, 0.1) is 6.61 Å². The standard InChI is InChI=1S/C44H52N2O21/c1-20(47)45-35-38(67-43-40(64-26(7)53)39(63-25(6)52)37(62-24(5)51)34(66-43)19-58-22(3)49)36(61-23(4)50)33(18-57-21(2)48)65-42(35)59-17-32(41(54)55)46-44(56)60-16-31-29-14-10-8-12-27(29)28-13-9-11-15-30(28)31/h8-15,31-40,42-43H,16-19H2,1-7H3,(H,45,47)(H,46,56)(H,54,55)/t32-,33+,34+,35+,36-,37-,38+,39-,40+,42-,43-/m0/s1. The average molecular weight is 945 g/mol. The molecule has 23 heteroatoms. The van der Waals surface area contributed by atoms with Crippen LogP contribution in [-0.2, 0) is 90.5 Å². The molecule has 67 heavy (non-hydrogen) atoms. The molecule has 0 unspecified atom stereocenters. The van der Waals surface area contributed by atoms with Gasteiger partial charge in [0.25, 0.3) is 0 Å². The number of carbonyl (C=O) groups is 9. The Balaban J connectivity index is 1.47. The van der Waals surface area contributed by atoms with Gasteiger partial charge in [-0.05, 0) is 22.3 Å². The highest BCUT2D eigenvalue weighted by Crippen LogP contribution is 2.44. The largest absolute Gasteiger partial charge is 0.480 e. The van der Waals surface area contributed by atoms with Crippen LogP contribution in [0.3, 0.4) is 0 Å². The molecule has 3 N–H and O–H groups in total. The number of hydrogen-bond acceptors (Lipinski definition) is 20. The Labute approximate surface area is 383 Å². The van der Waals surface area contributed by atoms with E-state index < -0.39 is 141 Å². The van der Waals surface area contributed by atoms with Crippen molar-refractivity contribution >= 4 is 53.8 Å². The molecule has 0 bridgehead atoms. The van der Waals surface area contributed by atoms with Crippen molar-refractivity contribution in [3.63, 3.8) is 0 Å². The van der Waals surface area contributed by atoms with Crippen LogP contribution in [0.25, 0.3) is 11.1 Å². The average Bonchev–Trinajstić information content (AvgIpc) is 3.56. The summed E-state index contributed by atoms with van der Waals surface area (Å²) in [6, 6.07) is 11.7. The minimum atomic E-state index is -1.94. The lowest BCUT2D eigenvalue weighted by molar-refractivity contribution is -0.347. The second kappa shape index (κ2) is 23.2. The maximum absolute atomic E-state index is 13.2. The summed E-state index contributed by atoms with van der Waals surface area (Å²) in [5, 5.41) is 15.0. The van der Waals surface area contributed by atoms with Crippen LogP contribution >= 0.6 is 0 Å². The minimum Gasteiger partial charge on any atom is -0.480 e. The van der Waals surface area contributed by atoms with Crippen molar-refractivity contribution in [1.29, 1.82) is 0 Å². The smallest absolute Gasteiger partial charge is 0.407 e. The van der Waals surface area contributed by atoms with Crippen molar-refractivity contribution in [3.05, 3.63) is 59.7 Å². The summed E-state index contributed by atoms with van der Waals surface area (Å²) in [5.41, 5.74) is 3.74. The van der Waals surface area contributed by atoms with E-state index in [0.29, 0.717) is 0 Å². The van der Waals surface area contributed by atoms with E-state index in [2.05, 4.69) is 10.6 Å². The lowest BCUT2D eigenvalue weighted by Crippen LogP contribution is -2.69. The zero-order valence-electron chi connectivity index (χ0n) is 37.5. The molecule has 2 aliphatic heterocycles. The molecule has 2 aromatic carbocycles. The molecule has 0 spiro atoms. The fraction of sp³-hybridized carbons (Fsp3) is 0.523. The lowest BCUT2D eigenvalue weighted by atomic mass is 9.94. The maximum Gasteiger partial charge on any atom is 0.407 e. The number of rotatable bonds is 18. The molecule has 364 valence electrons. The summed E-state index contributed by atoms with van der Waals surface area (Å²) in [5.74, 6) is -8.14. The fourth-order valence-corrected chi connectivity index (χ4v) is 7.86. The highest BCUT2D eigenvalue weighted by Gasteiger charge is 2.57. The van der Waals surface area contributed by atoms with Crippen molar-refractivity contribution in [2.24, 2.45) is 0 Å². The predicted molar refractivity (Wildman–Crippen MR) is 221 cm³/mol. The molecule has 0 aromatic heterocycles. The van der Waals surface area contributed by atoms with E-state index in [4.69, 9.17) is 52.1 Å². The SMILES string of the molecule is CC(=O)N[C@H]1[C@@H](OC[C@H](NC(=O)OCC2c3ccccc3-c3ccccc32)C(=O)O)O[C@H](COC(C)=O)[C@H](OC(C)=O)[C@@H]1O[C@@H]1O[C@H](COC(C)=O)[C@H](OC(C)=O)[C@H](OC(C)=O)[C@H]1OC(C)=O. The highest BCUT2D eigenvalue weighted by atomic mass is 16.8. The van der Waals surface area contributed by atoms with Crippen LogP contribution in [0.4, 0.5) is 4.79 Å². The monoisotopic (exact) mass is 944 g/mol. The summed E-state index contributed by atoms with van der Waals surface area (Å²) in [6.45, 7) is 4.88. The fourth-order valence-electron chi connectivity index (χ4n) is 7.86. The number of ether oxygens (including phenoxy) is 11. The summed E-state index contributed by atoms with van der Waals surface area (Å²) >= 11 is 0. The zero-order valence-corrected chi connectivity index (χ0v) is 37.5. The van der Waals surface area contributed by atoms with E-state index in [-0.39, 0.29) is 12.5 Å². The maximum atomic E-state index is 13.2. The molecule has 23 nitrogen and oxygen atoms in total. The van der Waals surface area contributed by atoms with Gasteiger partial charge in [0.1, 0.15) is 44.2 Å². The van der Waals surface area contributed by atoms with Gasteiger partial charge in [0.2, 0.25) is 5.91 Å². The van der Waals surface area contributed by atoms with E-state index in [9.17, 15) is 48.3 Å². The van der Waals surface area contributed by atoms with Gasteiger partial charge < -0.3 is 67.8 Å². The molecular formula is C44H52N2O21. The molecule has 2 aromatic rings. The molecule has 2 fully saturated rings. The van der Waals surface area contributed by atoms with E-state index in [0.717, 1.165) is 70.7 Å². The number of esters is 6. The van der Waals surface area contributed by atoms with Gasteiger partial charge >= 0.3 is 47.9 Å². The number of benzene rings is 2. The zero-order chi connectivity index (χ0) is 49.1. The number of aliphatic carboxylic acids is 1. The van der Waals surface area contributed by atoms with Gasteiger partial charge in [-0.2, -0.15) is 0 Å². The van der Waals surface area contributed by atoms with Gasteiger partial charge in [0, 0.05) is 54.4 Å². The predicted octanol–water partition coefficient (Wildman–Crippen LogP) is 1.19. The van der Waals surface area contributed by atoms with Gasteiger partial charge in [-0.15, -0.1) is 0 Å². The quantitative estimate of drug-likeness (QED) is 0.140. The Hall–Kier alpha value is -6.69. The Bertz CT molecular complexity index is 2140. The van der Waals surface area contributed by atoms with Crippen LogP contribution in [-0.4, -0.2) is 153 Å². The van der Waals surface area contributed by atoms with Crippen LogP contribution in [0.5, 0.6) is 0 Å². The topological polar surface area (TPSA) is 299 Å². The van der Waals surface area contributed by atoms with Gasteiger partial charge in [-0.25, -0.2) is 9.59 Å². The number of hydrogen-bond donors (Lipinski definition) is 3. The first kappa shape index (κ1) is 51.3. The molecular weight excluding hydrogens is 892 g/mol. The Kier molecular flexibility index (Phi) is 17.7. The number of carboxylic acid groups (broad SMARTS) is 1. The van der Waals surface area contributed by atoms with Crippen molar-refractivity contribution < 1.29 is 100 Å². The molecule has 0 saturated carbocycles. The Morgan fingerprint density at radius 1 is 0.567 bits per heavy atom. The Morgan fingerprint density at radius 2 is 1.03 bits per heavy atom. The van der Waals surface area contributed by atoms with E-state index in [1.807, 2.05) is 48.5 Å². The lowest BCUT2D eigenvalue weighted by Gasteiger charge is -2.49. The van der Waals surface area contributed by atoms with E-state index in [1.165, 1.54) is 0 Å². The first-order valence-corrected chi connectivity index (χ1v) is 20.9. The van der Waals surface area contributed by atoms with Crippen molar-refractivity contribution in [2.45, 2.75) is 122 Å². The summed E-state index contributed by atoms with van der Waals surface area (Å²) in [7, 11) is 0. The highest BCUT2D eigenvalue weighted by molar-refractivity contribution is 5.81. The van der Waals surface area contributed by atoms with Crippen LogP contribution in [0.1, 0.15) is 65.5 Å². The third kappa shape index (κ3) is 13.7. The molecule has 2 heterocycles. The van der Waals surface area contributed by atoms with Crippen molar-refractivity contribution in [3.8, 4) is 11.1 Å². The van der Waals surface area contributed by atoms with Crippen LogP contribution in [0.2, 0.25) is 0 Å². The van der Waals surface area contributed by atoms with Crippen LogP contribution < -0.4 is 10.6 Å². The van der Waals surface area contributed by atoms with Crippen LogP contribution in [0.15, 0.2) is 48.5 Å². The molecule has 11 atom stereocenters. The molecule has 5 rings (SSSR count). The summed E-state index contributed by atoms with van der Waals surface area (Å²) in [4.78, 5) is 113. The minimum absolute atomic E-state index is 0.156. The normalized spacial score (nSPS) is 25.7. The van der Waals surface area contributed by atoms with E-state index in [1.54, 1.807) is 0 Å². The van der Waals surface area contributed by atoms with Gasteiger partial charge in [-0.3, -0.25) is 33.6 Å². The molecule has 0 radical (unpaired) electrons. The van der Waals surface area contributed by atoms with Crippen molar-refractivity contribution in [1.82, 2.24) is 10.6 Å². The summed E-state index contributed by atoms with van der Waals surface area (Å²) in [6.07, 6.45) is -16.5. The van der Waals surface area contributed by atoms with Gasteiger partial charge in [0.15, 0.2) is 43.0 Å². The third-order valence-corrected chi connectivity index (χ3v) is 10.4. The second-order valence-electron chi connectivity index (χ2n) is 15.5. The molecule has 3 aliphatic rings. The van der Waals surface area contributed by atoms with Crippen LogP contribution in [0, 0.1) is 0 Å². The van der Waals surface area contributed by atoms with E-state index >= 15 is 0 Å².